The molecule has 0 aliphatic carbocycles. The fourth-order valence-corrected chi connectivity index (χ4v) is 4.24. The van der Waals surface area contributed by atoms with Gasteiger partial charge in [-0.25, -0.2) is 5.21 Å². The van der Waals surface area contributed by atoms with Crippen LogP contribution in [0.4, 0.5) is 5.69 Å². The highest BCUT2D eigenvalue weighted by Gasteiger charge is 2.27. The van der Waals surface area contributed by atoms with Gasteiger partial charge in [-0.15, -0.1) is 0 Å². The minimum Gasteiger partial charge on any atom is -0.595 e. The van der Waals surface area contributed by atoms with Crippen LogP contribution in [0.25, 0.3) is 6.08 Å². The van der Waals surface area contributed by atoms with Gasteiger partial charge >= 0.3 is 0 Å². The zero-order valence-corrected chi connectivity index (χ0v) is 21.1. The van der Waals surface area contributed by atoms with E-state index in [2.05, 4.69) is 32.1 Å². The van der Waals surface area contributed by atoms with Gasteiger partial charge in [-0.1, -0.05) is 34.9 Å². The van der Waals surface area contributed by atoms with Gasteiger partial charge in [0.05, 0.1) is 18.9 Å². The zero-order chi connectivity index (χ0) is 25.7. The van der Waals surface area contributed by atoms with E-state index in [1.807, 2.05) is 19.1 Å². The maximum absolute atomic E-state index is 12.5. The Morgan fingerprint density at radius 2 is 1.83 bits per heavy atom. The van der Waals surface area contributed by atoms with Crippen molar-refractivity contribution in [1.29, 1.82) is 0 Å². The van der Waals surface area contributed by atoms with Crippen LogP contribution >= 0.6 is 0 Å². The Kier molecular flexibility index (Phi) is 8.51. The molecule has 2 aromatic rings. The number of ether oxygens (including phenoxy) is 2. The van der Waals surface area contributed by atoms with Crippen molar-refractivity contribution in [3.05, 3.63) is 103 Å². The van der Waals surface area contributed by atoms with Crippen LogP contribution in [0.15, 0.2) is 74.2 Å². The Bertz CT molecular complexity index is 1250. The molecule has 3 rings (SSSR count). The maximum Gasteiger partial charge on any atom is 0.291 e. The molecule has 35 heavy (non-hydrogen) atoms. The van der Waals surface area contributed by atoms with Gasteiger partial charge in [0.15, 0.2) is 23.0 Å². The van der Waals surface area contributed by atoms with Crippen LogP contribution in [0, 0.1) is 19.1 Å². The van der Waals surface area contributed by atoms with Gasteiger partial charge in [0, 0.05) is 24.1 Å². The van der Waals surface area contributed by atoms with Gasteiger partial charge in [-0.3, -0.25) is 4.79 Å². The van der Waals surface area contributed by atoms with Crippen LogP contribution in [0.1, 0.15) is 62.2 Å². The van der Waals surface area contributed by atoms with Crippen molar-refractivity contribution >= 4 is 11.8 Å². The summed E-state index contributed by atoms with van der Waals surface area (Å²) in [5.74, 6) is 0.720. The quantitative estimate of drug-likeness (QED) is 0.389. The molecular weight excluding hydrogens is 446 g/mol. The van der Waals surface area contributed by atoms with Crippen LogP contribution in [0.5, 0.6) is 5.95 Å². The Morgan fingerprint density at radius 1 is 1.14 bits per heavy atom. The Balaban J connectivity index is 1.65. The second kappa shape index (κ2) is 11.4. The third-order valence-electron chi connectivity index (χ3n) is 5.86. The first-order valence-electron chi connectivity index (χ1n) is 11.5. The van der Waals surface area contributed by atoms with Gasteiger partial charge in [0.1, 0.15) is 0 Å². The molecule has 0 saturated heterocycles. The molecule has 7 nitrogen and oxygen atoms in total. The van der Waals surface area contributed by atoms with Crippen LogP contribution < -0.4 is 15.4 Å². The van der Waals surface area contributed by atoms with Gasteiger partial charge in [0.25, 0.3) is 5.95 Å². The lowest BCUT2D eigenvalue weighted by atomic mass is 10.0. The largest absolute Gasteiger partial charge is 0.595 e. The lowest BCUT2D eigenvalue weighted by Crippen LogP contribution is -2.99. The molecule has 2 atom stereocenters. The second-order valence-electron chi connectivity index (χ2n) is 9.03. The summed E-state index contributed by atoms with van der Waals surface area (Å²) in [5.41, 5.74) is 6.65. The number of quaternary nitrogens is 1. The second-order valence-corrected chi connectivity index (χ2v) is 9.03. The van der Waals surface area contributed by atoms with Crippen LogP contribution in [0.3, 0.4) is 0 Å². The van der Waals surface area contributed by atoms with E-state index < -0.39 is 5.23 Å². The highest BCUT2D eigenvalue weighted by Crippen LogP contribution is 2.35. The summed E-state index contributed by atoms with van der Waals surface area (Å²) in [6.07, 6.45) is 9.04. The third kappa shape index (κ3) is 6.60. The molecule has 186 valence electrons. The fraction of sp³-hybridized carbons (Fsp3) is 0.321. The molecule has 0 bridgehead atoms. The van der Waals surface area contributed by atoms with Crippen LogP contribution in [0.2, 0.25) is 0 Å². The van der Waals surface area contributed by atoms with E-state index in [1.165, 1.54) is 18.3 Å². The number of methoxy groups -OCH3 is 1. The maximum atomic E-state index is 12.5. The van der Waals surface area contributed by atoms with Crippen LogP contribution in [-0.4, -0.2) is 12.3 Å². The predicted molar refractivity (Wildman–Crippen MR) is 136 cm³/mol. The third-order valence-corrected chi connectivity index (χ3v) is 5.86. The van der Waals surface area contributed by atoms with E-state index in [0.717, 1.165) is 23.1 Å². The number of hydrogen-bond acceptors (Lipinski definition) is 6. The monoisotopic (exact) mass is 479 g/mol. The van der Waals surface area contributed by atoms with E-state index in [9.17, 15) is 10.0 Å². The van der Waals surface area contributed by atoms with Crippen molar-refractivity contribution in [3.63, 3.8) is 0 Å². The first-order valence-corrected chi connectivity index (χ1v) is 11.5. The topological polar surface area (TPSA) is 96.4 Å². The molecule has 0 fully saturated rings. The van der Waals surface area contributed by atoms with E-state index in [4.69, 9.17) is 19.1 Å². The molecule has 1 aromatic carbocycles. The normalized spacial score (nSPS) is 17.8. The summed E-state index contributed by atoms with van der Waals surface area (Å²) < 4.78 is 16.9. The average molecular weight is 480 g/mol. The number of hydrogen-bond donors (Lipinski definition) is 2. The minimum absolute atomic E-state index is 0.0910. The van der Waals surface area contributed by atoms with Crippen molar-refractivity contribution in [3.8, 4) is 5.95 Å². The zero-order valence-electron chi connectivity index (χ0n) is 21.1. The Labute approximate surface area is 205 Å². The molecule has 0 spiro atoms. The van der Waals surface area contributed by atoms with Crippen molar-refractivity contribution in [2.75, 3.05) is 7.11 Å². The van der Waals surface area contributed by atoms with Gasteiger partial charge in [0.2, 0.25) is 0 Å². The average Bonchev–Trinajstić information content (AvgIpc) is 3.25. The van der Waals surface area contributed by atoms with E-state index in [1.54, 1.807) is 32.2 Å². The van der Waals surface area contributed by atoms with Crippen molar-refractivity contribution < 1.29 is 24.3 Å². The summed E-state index contributed by atoms with van der Waals surface area (Å²) in [6, 6.07) is 6.85. The number of rotatable bonds is 8. The summed E-state index contributed by atoms with van der Waals surface area (Å²) in [6.45, 7) is 9.63. The number of benzene rings is 1. The standard InChI is InChI=1S/C28H33NO6/c1-17(11-18(2)13-22-7-9-24(10-8-22)29(31)32)12-19(3)14-23-15-25(34-16-23)27-20(4)26(30)21(5)28(33-6)35-27/h7-10,12-14,16,25,29,31H,11,15H2,1-6H3. The van der Waals surface area contributed by atoms with E-state index in [0.29, 0.717) is 23.3 Å². The highest BCUT2D eigenvalue weighted by atomic mass is 16.8. The first-order chi connectivity index (χ1) is 16.6. The van der Waals surface area contributed by atoms with Crippen LogP contribution in [-0.2, 0) is 4.74 Å². The molecule has 2 N–H and O–H groups in total. The lowest BCUT2D eigenvalue weighted by Gasteiger charge is -2.14. The summed E-state index contributed by atoms with van der Waals surface area (Å²) in [5, 5.41) is 19.1. The SMILES string of the molecule is COc1oc(C2CC(C=C(C)C=C(C)CC(C)=Cc3ccc([NH+]([O-])O)cc3)=CO2)c(C)c(=O)c1C. The lowest BCUT2D eigenvalue weighted by molar-refractivity contribution is -0.991. The smallest absolute Gasteiger partial charge is 0.291 e. The summed E-state index contributed by atoms with van der Waals surface area (Å²) in [4.78, 5) is 12.5. The molecule has 1 aliphatic heterocycles. The van der Waals surface area contributed by atoms with Crippen molar-refractivity contribution in [2.24, 2.45) is 0 Å². The molecule has 7 heteroatoms. The van der Waals surface area contributed by atoms with Gasteiger partial charge < -0.3 is 19.1 Å². The van der Waals surface area contributed by atoms with Crippen molar-refractivity contribution in [2.45, 2.75) is 53.6 Å². The Hall–Kier alpha value is -3.39. The molecule has 0 amide bonds. The molecular formula is C28H33NO6. The molecule has 1 aromatic heterocycles. The summed E-state index contributed by atoms with van der Waals surface area (Å²) >= 11 is 0. The minimum atomic E-state index is -0.925. The predicted octanol–water partition coefficient (Wildman–Crippen LogP) is 5.40. The molecule has 0 saturated carbocycles. The van der Waals surface area contributed by atoms with Gasteiger partial charge in [-0.2, -0.15) is 5.23 Å². The molecule has 0 radical (unpaired) electrons. The van der Waals surface area contributed by atoms with Gasteiger partial charge in [-0.05, 0) is 64.3 Å². The highest BCUT2D eigenvalue weighted by molar-refractivity contribution is 5.55. The van der Waals surface area contributed by atoms with E-state index >= 15 is 0 Å². The molecule has 2 heterocycles. The molecule has 1 aliphatic rings. The first kappa shape index (κ1) is 26.2. The van der Waals surface area contributed by atoms with Crippen molar-refractivity contribution in [1.82, 2.24) is 0 Å². The number of nitrogens with one attached hydrogen (secondary N) is 1. The molecule has 2 unspecified atom stereocenters. The Morgan fingerprint density at radius 3 is 2.46 bits per heavy atom. The number of allylic oxidation sites excluding steroid dienone is 5. The van der Waals surface area contributed by atoms with E-state index in [-0.39, 0.29) is 23.2 Å². The summed E-state index contributed by atoms with van der Waals surface area (Å²) in [7, 11) is 1.48. The fourth-order valence-electron chi connectivity index (χ4n) is 4.24.